The molecule has 0 aliphatic rings. The van der Waals surface area contributed by atoms with Gasteiger partial charge in [-0.2, -0.15) is 0 Å². The Labute approximate surface area is 161 Å². The molecule has 2 aromatic carbocycles. The Bertz CT molecular complexity index is 687. The van der Waals surface area contributed by atoms with Crippen molar-refractivity contribution in [2.45, 2.75) is 19.3 Å². The molecule has 0 aromatic heterocycles. The molecule has 0 unspecified atom stereocenters. The molecule has 4 heteroatoms. The molecule has 140 valence electrons. The van der Waals surface area contributed by atoms with E-state index < -0.39 is 0 Å². The summed E-state index contributed by atoms with van der Waals surface area (Å²) in [5.41, 5.74) is 2.01. The highest BCUT2D eigenvalue weighted by Gasteiger charge is 1.97. The first-order valence-electron chi connectivity index (χ1n) is 9.26. The summed E-state index contributed by atoms with van der Waals surface area (Å²) >= 11 is 0. The first-order chi connectivity index (χ1) is 13.2. The zero-order chi connectivity index (χ0) is 19.2. The average Bonchev–Trinajstić information content (AvgIpc) is 2.71. The van der Waals surface area contributed by atoms with Gasteiger partial charge in [0.15, 0.2) is 0 Å². The largest absolute Gasteiger partial charge is 0.353 e. The summed E-state index contributed by atoms with van der Waals surface area (Å²) in [5.74, 6) is -0.170. The lowest BCUT2D eigenvalue weighted by molar-refractivity contribution is -0.117. The molecular weight excluding hydrogens is 336 g/mol. The highest BCUT2D eigenvalue weighted by molar-refractivity contribution is 5.92. The highest BCUT2D eigenvalue weighted by Crippen LogP contribution is 2.01. The van der Waals surface area contributed by atoms with E-state index in [1.807, 2.05) is 60.7 Å². The van der Waals surface area contributed by atoms with Gasteiger partial charge in [0.05, 0.1) is 0 Å². The Kier molecular flexibility index (Phi) is 9.15. The fraction of sp³-hybridized carbons (Fsp3) is 0.217. The zero-order valence-corrected chi connectivity index (χ0v) is 15.4. The van der Waals surface area contributed by atoms with Gasteiger partial charge < -0.3 is 10.6 Å². The normalized spacial score (nSPS) is 11.0. The van der Waals surface area contributed by atoms with Crippen LogP contribution in [0.5, 0.6) is 0 Å². The maximum atomic E-state index is 11.7. The van der Waals surface area contributed by atoms with Gasteiger partial charge in [-0.3, -0.25) is 9.59 Å². The molecule has 0 saturated carbocycles. The molecule has 2 N–H and O–H groups in total. The lowest BCUT2D eigenvalue weighted by Crippen LogP contribution is -2.23. The van der Waals surface area contributed by atoms with Gasteiger partial charge in [-0.1, -0.05) is 60.7 Å². The Hall–Kier alpha value is -3.14. The maximum Gasteiger partial charge on any atom is 0.243 e. The summed E-state index contributed by atoms with van der Waals surface area (Å²) in [7, 11) is 0. The summed E-state index contributed by atoms with van der Waals surface area (Å²) < 4.78 is 0. The molecule has 0 spiro atoms. The number of benzene rings is 2. The minimum Gasteiger partial charge on any atom is -0.353 e. The monoisotopic (exact) mass is 362 g/mol. The maximum absolute atomic E-state index is 11.7. The lowest BCUT2D eigenvalue weighted by Gasteiger charge is -2.04. The number of hydrogen-bond donors (Lipinski definition) is 2. The van der Waals surface area contributed by atoms with Crippen molar-refractivity contribution in [3.63, 3.8) is 0 Å². The molecule has 4 nitrogen and oxygen atoms in total. The highest BCUT2D eigenvalue weighted by atomic mass is 16.2. The third-order valence-corrected chi connectivity index (χ3v) is 3.91. The first-order valence-corrected chi connectivity index (χ1v) is 9.26. The van der Waals surface area contributed by atoms with Crippen LogP contribution in [0.4, 0.5) is 0 Å². The van der Waals surface area contributed by atoms with E-state index in [1.54, 1.807) is 24.3 Å². The third-order valence-electron chi connectivity index (χ3n) is 3.91. The zero-order valence-electron chi connectivity index (χ0n) is 15.4. The molecule has 27 heavy (non-hydrogen) atoms. The second-order valence-corrected chi connectivity index (χ2v) is 6.13. The average molecular weight is 362 g/mol. The number of hydrogen-bond acceptors (Lipinski definition) is 2. The van der Waals surface area contributed by atoms with E-state index in [0.717, 1.165) is 30.4 Å². The van der Waals surface area contributed by atoms with Crippen molar-refractivity contribution in [1.29, 1.82) is 0 Å². The van der Waals surface area contributed by atoms with Gasteiger partial charge in [0.1, 0.15) is 0 Å². The van der Waals surface area contributed by atoms with Crippen LogP contribution in [0.2, 0.25) is 0 Å². The standard InChI is InChI=1S/C23H26N2O2/c26-22(16-14-20-10-4-1-5-11-20)24-18-8-3-9-19-25-23(27)17-15-21-12-6-2-7-13-21/h1-2,4-7,10-17H,3,8-9,18-19H2,(H,24,26)(H,25,27). The molecule has 0 aliphatic carbocycles. The molecule has 2 amide bonds. The second-order valence-electron chi connectivity index (χ2n) is 6.13. The van der Waals surface area contributed by atoms with Gasteiger partial charge >= 0.3 is 0 Å². The number of carbonyl (C=O) groups is 2. The van der Waals surface area contributed by atoms with E-state index in [-0.39, 0.29) is 11.8 Å². The smallest absolute Gasteiger partial charge is 0.243 e. The van der Waals surface area contributed by atoms with E-state index in [2.05, 4.69) is 10.6 Å². The quantitative estimate of drug-likeness (QED) is 0.499. The molecule has 0 radical (unpaired) electrons. The summed E-state index contributed by atoms with van der Waals surface area (Å²) in [6, 6.07) is 19.4. The minimum absolute atomic E-state index is 0.0850. The third kappa shape index (κ3) is 9.21. The van der Waals surface area contributed by atoms with Crippen molar-refractivity contribution < 1.29 is 9.59 Å². The molecule has 2 rings (SSSR count). The van der Waals surface area contributed by atoms with Gasteiger partial charge in [0.2, 0.25) is 11.8 Å². The van der Waals surface area contributed by atoms with Crippen LogP contribution in [0, 0.1) is 0 Å². The molecule has 0 bridgehead atoms. The number of rotatable bonds is 10. The van der Waals surface area contributed by atoms with Crippen molar-refractivity contribution >= 4 is 24.0 Å². The van der Waals surface area contributed by atoms with Crippen LogP contribution >= 0.6 is 0 Å². The van der Waals surface area contributed by atoms with Crippen molar-refractivity contribution in [3.8, 4) is 0 Å². The van der Waals surface area contributed by atoms with Gasteiger partial charge in [0, 0.05) is 25.2 Å². The van der Waals surface area contributed by atoms with Crippen molar-refractivity contribution in [1.82, 2.24) is 10.6 Å². The van der Waals surface area contributed by atoms with Crippen LogP contribution in [-0.4, -0.2) is 24.9 Å². The summed E-state index contributed by atoms with van der Waals surface area (Å²) in [5, 5.41) is 5.73. The summed E-state index contributed by atoms with van der Waals surface area (Å²) in [6.45, 7) is 1.28. The Morgan fingerprint density at radius 3 is 1.44 bits per heavy atom. The molecule has 0 saturated heterocycles. The van der Waals surface area contributed by atoms with E-state index in [0.29, 0.717) is 13.1 Å². The molecule has 0 aliphatic heterocycles. The van der Waals surface area contributed by atoms with Gasteiger partial charge in [-0.05, 0) is 42.5 Å². The number of amides is 2. The molecule has 0 heterocycles. The Morgan fingerprint density at radius 2 is 1.04 bits per heavy atom. The molecule has 2 aromatic rings. The van der Waals surface area contributed by atoms with E-state index >= 15 is 0 Å². The lowest BCUT2D eigenvalue weighted by atomic mass is 10.2. The predicted molar refractivity (Wildman–Crippen MR) is 111 cm³/mol. The number of nitrogens with one attached hydrogen (secondary N) is 2. The number of carbonyl (C=O) groups excluding carboxylic acids is 2. The SMILES string of the molecule is O=C(C=Cc1ccccc1)NCCCCCNC(=O)C=Cc1ccccc1. The minimum atomic E-state index is -0.0850. The van der Waals surface area contributed by atoms with Crippen molar-refractivity contribution in [2.24, 2.45) is 0 Å². The van der Waals surface area contributed by atoms with Gasteiger partial charge in [0.25, 0.3) is 0 Å². The molecule has 0 atom stereocenters. The van der Waals surface area contributed by atoms with Crippen molar-refractivity contribution in [3.05, 3.63) is 83.9 Å². The van der Waals surface area contributed by atoms with Crippen LogP contribution in [0.1, 0.15) is 30.4 Å². The van der Waals surface area contributed by atoms with Gasteiger partial charge in [-0.15, -0.1) is 0 Å². The van der Waals surface area contributed by atoms with Crippen LogP contribution in [0.15, 0.2) is 72.8 Å². The van der Waals surface area contributed by atoms with Crippen molar-refractivity contribution in [2.75, 3.05) is 13.1 Å². The fourth-order valence-corrected chi connectivity index (χ4v) is 2.44. The Balaban J connectivity index is 1.49. The van der Waals surface area contributed by atoms with Crippen LogP contribution < -0.4 is 10.6 Å². The predicted octanol–water partition coefficient (Wildman–Crippen LogP) is 3.82. The first kappa shape index (κ1) is 20.2. The van der Waals surface area contributed by atoms with Crippen LogP contribution in [-0.2, 0) is 9.59 Å². The summed E-state index contributed by atoms with van der Waals surface area (Å²) in [4.78, 5) is 23.4. The Morgan fingerprint density at radius 1 is 0.630 bits per heavy atom. The fourth-order valence-electron chi connectivity index (χ4n) is 2.44. The van der Waals surface area contributed by atoms with E-state index in [4.69, 9.17) is 0 Å². The van der Waals surface area contributed by atoms with E-state index in [1.165, 1.54) is 0 Å². The topological polar surface area (TPSA) is 58.2 Å². The molecular formula is C23H26N2O2. The van der Waals surface area contributed by atoms with Crippen LogP contribution in [0.25, 0.3) is 12.2 Å². The van der Waals surface area contributed by atoms with Crippen LogP contribution in [0.3, 0.4) is 0 Å². The second kappa shape index (κ2) is 12.3. The summed E-state index contributed by atoms with van der Waals surface area (Å²) in [6.07, 6.45) is 9.43. The van der Waals surface area contributed by atoms with Gasteiger partial charge in [-0.25, -0.2) is 0 Å². The number of unbranched alkanes of at least 4 members (excludes halogenated alkanes) is 2. The van der Waals surface area contributed by atoms with E-state index in [9.17, 15) is 9.59 Å². The molecule has 0 fully saturated rings.